The first-order valence-electron chi connectivity index (χ1n) is 5.82. The topological polar surface area (TPSA) is 48.4 Å². The number of pyridine rings is 1. The highest BCUT2D eigenvalue weighted by atomic mass is 16.3. The van der Waals surface area contributed by atoms with Crippen molar-refractivity contribution in [3.8, 4) is 0 Å². The Hall–Kier alpha value is -1.39. The number of nitrogens with zero attached hydrogens (tertiary/aromatic N) is 2. The van der Waals surface area contributed by atoms with Crippen LogP contribution in [-0.2, 0) is 0 Å². The van der Waals surface area contributed by atoms with Crippen molar-refractivity contribution in [2.45, 2.75) is 13.0 Å². The van der Waals surface area contributed by atoms with Gasteiger partial charge < -0.3 is 15.3 Å². The molecular weight excluding hydrogens is 214 g/mol. The zero-order chi connectivity index (χ0) is 12.7. The van der Waals surface area contributed by atoms with E-state index >= 15 is 0 Å². The lowest BCUT2D eigenvalue weighted by Gasteiger charge is -2.22. The number of aliphatic hydroxyl groups excluding tert-OH is 1. The van der Waals surface area contributed by atoms with Crippen molar-refractivity contribution in [3.05, 3.63) is 36.7 Å². The molecule has 0 spiro atoms. The fraction of sp³-hybridized carbons (Fsp3) is 0.462. The molecule has 1 aromatic rings. The maximum absolute atomic E-state index is 9.00. The fourth-order valence-corrected chi connectivity index (χ4v) is 1.59. The Morgan fingerprint density at radius 3 is 2.82 bits per heavy atom. The van der Waals surface area contributed by atoms with E-state index in [9.17, 15) is 0 Å². The number of anilines is 1. The third-order valence-electron chi connectivity index (χ3n) is 2.73. The van der Waals surface area contributed by atoms with Gasteiger partial charge in [-0.2, -0.15) is 0 Å². The van der Waals surface area contributed by atoms with Gasteiger partial charge in [0.25, 0.3) is 0 Å². The minimum Gasteiger partial charge on any atom is -0.395 e. The molecule has 94 valence electrons. The van der Waals surface area contributed by atoms with E-state index in [-0.39, 0.29) is 12.6 Å². The fourth-order valence-electron chi connectivity index (χ4n) is 1.59. The van der Waals surface area contributed by atoms with E-state index in [1.807, 2.05) is 36.4 Å². The average Bonchev–Trinajstić information content (AvgIpc) is 2.38. The van der Waals surface area contributed by atoms with Gasteiger partial charge in [-0.05, 0) is 26.1 Å². The van der Waals surface area contributed by atoms with E-state index in [0.29, 0.717) is 13.1 Å². The molecule has 0 aliphatic carbocycles. The lowest BCUT2D eigenvalue weighted by atomic mass is 10.2. The van der Waals surface area contributed by atoms with Crippen LogP contribution in [0.25, 0.3) is 0 Å². The molecule has 1 heterocycles. The second-order valence-corrected chi connectivity index (χ2v) is 3.91. The molecule has 0 bridgehead atoms. The molecule has 1 atom stereocenters. The predicted octanol–water partition coefficient (Wildman–Crippen LogP) is 1.35. The molecule has 0 aliphatic rings. The van der Waals surface area contributed by atoms with Gasteiger partial charge in [0.05, 0.1) is 24.2 Å². The standard InChI is InChI=1S/C13H21N3O/c1-4-7-16(8-9-17)12-5-6-13(15-10-12)11(2)14-3/h4-6,10-11,14,17H,1,7-9H2,2-3H3. The Labute approximate surface area is 103 Å². The van der Waals surface area contributed by atoms with E-state index < -0.39 is 0 Å². The van der Waals surface area contributed by atoms with Crippen molar-refractivity contribution in [1.82, 2.24) is 10.3 Å². The van der Waals surface area contributed by atoms with Gasteiger partial charge in [-0.1, -0.05) is 6.08 Å². The van der Waals surface area contributed by atoms with E-state index in [4.69, 9.17) is 5.11 Å². The highest BCUT2D eigenvalue weighted by molar-refractivity contribution is 5.45. The molecule has 4 heteroatoms. The summed E-state index contributed by atoms with van der Waals surface area (Å²) in [6.07, 6.45) is 3.65. The number of aliphatic hydroxyl groups is 1. The second kappa shape index (κ2) is 7.04. The number of hydrogen-bond acceptors (Lipinski definition) is 4. The van der Waals surface area contributed by atoms with Crippen molar-refractivity contribution in [1.29, 1.82) is 0 Å². The molecule has 0 radical (unpaired) electrons. The van der Waals surface area contributed by atoms with Crippen LogP contribution in [0.3, 0.4) is 0 Å². The van der Waals surface area contributed by atoms with Crippen LogP contribution < -0.4 is 10.2 Å². The smallest absolute Gasteiger partial charge is 0.0606 e. The van der Waals surface area contributed by atoms with Crippen LogP contribution in [0.4, 0.5) is 5.69 Å². The van der Waals surface area contributed by atoms with Crippen LogP contribution in [0, 0.1) is 0 Å². The van der Waals surface area contributed by atoms with Gasteiger partial charge in [0.1, 0.15) is 0 Å². The molecule has 0 amide bonds. The monoisotopic (exact) mass is 235 g/mol. The zero-order valence-electron chi connectivity index (χ0n) is 10.6. The van der Waals surface area contributed by atoms with Crippen LogP contribution in [0.1, 0.15) is 18.7 Å². The molecule has 17 heavy (non-hydrogen) atoms. The molecule has 1 rings (SSSR count). The van der Waals surface area contributed by atoms with Gasteiger partial charge in [0.15, 0.2) is 0 Å². The Morgan fingerprint density at radius 2 is 2.35 bits per heavy atom. The van der Waals surface area contributed by atoms with Gasteiger partial charge in [-0.15, -0.1) is 6.58 Å². The largest absolute Gasteiger partial charge is 0.395 e. The lowest BCUT2D eigenvalue weighted by molar-refractivity contribution is 0.303. The van der Waals surface area contributed by atoms with Gasteiger partial charge in [-0.3, -0.25) is 4.98 Å². The summed E-state index contributed by atoms with van der Waals surface area (Å²) in [4.78, 5) is 6.45. The first-order chi connectivity index (χ1) is 8.22. The third-order valence-corrected chi connectivity index (χ3v) is 2.73. The quantitative estimate of drug-likeness (QED) is 0.700. The molecule has 0 saturated carbocycles. The van der Waals surface area contributed by atoms with Gasteiger partial charge in [0.2, 0.25) is 0 Å². The summed E-state index contributed by atoms with van der Waals surface area (Å²) in [5.41, 5.74) is 2.02. The molecule has 1 aromatic heterocycles. The van der Waals surface area contributed by atoms with Gasteiger partial charge in [-0.25, -0.2) is 0 Å². The van der Waals surface area contributed by atoms with Crippen molar-refractivity contribution >= 4 is 5.69 Å². The highest BCUT2D eigenvalue weighted by Gasteiger charge is 2.07. The SMILES string of the molecule is C=CCN(CCO)c1ccc(C(C)NC)nc1. The molecule has 0 fully saturated rings. The maximum Gasteiger partial charge on any atom is 0.0606 e. The summed E-state index contributed by atoms with van der Waals surface area (Å²) in [7, 11) is 1.91. The normalized spacial score (nSPS) is 12.2. The molecule has 0 saturated heterocycles. The predicted molar refractivity (Wildman–Crippen MR) is 71.2 cm³/mol. The van der Waals surface area contributed by atoms with Crippen LogP contribution in [-0.4, -0.2) is 36.8 Å². The summed E-state index contributed by atoms with van der Waals surface area (Å²) >= 11 is 0. The minimum atomic E-state index is 0.127. The van der Waals surface area contributed by atoms with Crippen molar-refractivity contribution in [2.75, 3.05) is 31.6 Å². The number of aromatic nitrogens is 1. The van der Waals surface area contributed by atoms with Crippen LogP contribution in [0.15, 0.2) is 31.0 Å². The van der Waals surface area contributed by atoms with Crippen LogP contribution >= 0.6 is 0 Å². The van der Waals surface area contributed by atoms with Gasteiger partial charge in [0, 0.05) is 19.1 Å². The Morgan fingerprint density at radius 1 is 1.59 bits per heavy atom. The van der Waals surface area contributed by atoms with Crippen molar-refractivity contribution in [2.24, 2.45) is 0 Å². The number of rotatable bonds is 7. The van der Waals surface area contributed by atoms with Crippen molar-refractivity contribution in [3.63, 3.8) is 0 Å². The van der Waals surface area contributed by atoms with Gasteiger partial charge >= 0.3 is 0 Å². The minimum absolute atomic E-state index is 0.127. The summed E-state index contributed by atoms with van der Waals surface area (Å²) in [6, 6.07) is 4.27. The average molecular weight is 235 g/mol. The molecule has 2 N–H and O–H groups in total. The third kappa shape index (κ3) is 3.84. The lowest BCUT2D eigenvalue weighted by Crippen LogP contribution is -2.26. The number of nitrogens with one attached hydrogen (secondary N) is 1. The summed E-state index contributed by atoms with van der Waals surface area (Å²) in [6.45, 7) is 7.21. The number of hydrogen-bond donors (Lipinski definition) is 2. The summed E-state index contributed by atoms with van der Waals surface area (Å²) in [5, 5.41) is 12.1. The second-order valence-electron chi connectivity index (χ2n) is 3.91. The molecule has 0 aromatic carbocycles. The molecule has 4 nitrogen and oxygen atoms in total. The molecular formula is C13H21N3O. The Kier molecular flexibility index (Phi) is 5.66. The van der Waals surface area contributed by atoms with E-state index in [0.717, 1.165) is 11.4 Å². The molecule has 1 unspecified atom stereocenters. The maximum atomic E-state index is 9.00. The summed E-state index contributed by atoms with van der Waals surface area (Å²) in [5.74, 6) is 0. The van der Waals surface area contributed by atoms with E-state index in [2.05, 4.69) is 23.8 Å². The van der Waals surface area contributed by atoms with Crippen molar-refractivity contribution < 1.29 is 5.11 Å². The molecule has 0 aliphatic heterocycles. The Bertz CT molecular complexity index is 337. The van der Waals surface area contributed by atoms with Crippen LogP contribution in [0.5, 0.6) is 0 Å². The van der Waals surface area contributed by atoms with Crippen LogP contribution in [0.2, 0.25) is 0 Å². The summed E-state index contributed by atoms with van der Waals surface area (Å²) < 4.78 is 0. The van der Waals surface area contributed by atoms with E-state index in [1.54, 1.807) is 0 Å². The highest BCUT2D eigenvalue weighted by Crippen LogP contribution is 2.16. The Balaban J connectivity index is 2.79. The van der Waals surface area contributed by atoms with E-state index in [1.165, 1.54) is 0 Å². The first-order valence-corrected chi connectivity index (χ1v) is 5.82. The zero-order valence-corrected chi connectivity index (χ0v) is 10.6. The first kappa shape index (κ1) is 13.7.